The van der Waals surface area contributed by atoms with Crippen molar-refractivity contribution in [2.75, 3.05) is 11.9 Å². The Hall–Kier alpha value is -3.41. The van der Waals surface area contributed by atoms with E-state index in [4.69, 9.17) is 4.74 Å². The molecule has 0 bridgehead atoms. The molecule has 41 heavy (non-hydrogen) atoms. The lowest BCUT2D eigenvalue weighted by Crippen LogP contribution is -2.30. The summed E-state index contributed by atoms with van der Waals surface area (Å²) in [6.07, 6.45) is -1.78. The molecule has 6 nitrogen and oxygen atoms in total. The second-order valence-electron chi connectivity index (χ2n) is 9.64. The average Bonchev–Trinajstić information content (AvgIpc) is 3.40. The minimum atomic E-state index is -4.60. The molecule has 11 heteroatoms. The fourth-order valence-electron chi connectivity index (χ4n) is 4.15. The van der Waals surface area contributed by atoms with Gasteiger partial charge in [-0.3, -0.25) is 0 Å². The van der Waals surface area contributed by atoms with Crippen LogP contribution in [0.5, 0.6) is 5.75 Å². The summed E-state index contributed by atoms with van der Waals surface area (Å²) in [6, 6.07) is 19.0. The molecule has 0 amide bonds. The second kappa shape index (κ2) is 13.5. The number of unbranched alkanes of at least 4 members (excludes halogenated alkanes) is 2. The van der Waals surface area contributed by atoms with Gasteiger partial charge in [-0.05, 0) is 55.7 Å². The molecule has 0 radical (unpaired) electrons. The van der Waals surface area contributed by atoms with Gasteiger partial charge in [0.15, 0.2) is 5.13 Å². The number of hydrogen-bond acceptors (Lipinski definition) is 6. The van der Waals surface area contributed by atoms with Crippen molar-refractivity contribution in [3.63, 3.8) is 0 Å². The van der Waals surface area contributed by atoms with E-state index in [-0.39, 0.29) is 22.9 Å². The van der Waals surface area contributed by atoms with E-state index in [1.807, 2.05) is 44.2 Å². The van der Waals surface area contributed by atoms with Crippen LogP contribution in [0.2, 0.25) is 0 Å². The zero-order valence-corrected chi connectivity index (χ0v) is 24.4. The van der Waals surface area contributed by atoms with Crippen LogP contribution < -0.4 is 14.8 Å². The largest absolute Gasteiger partial charge is 0.493 e. The molecule has 0 fully saturated rings. The maximum absolute atomic E-state index is 13.8. The van der Waals surface area contributed by atoms with Crippen molar-refractivity contribution in [3.8, 4) is 5.75 Å². The Morgan fingerprint density at radius 3 is 2.41 bits per heavy atom. The van der Waals surface area contributed by atoms with Gasteiger partial charge in [0.25, 0.3) is 0 Å². The number of rotatable bonds is 13. The molecule has 1 aromatic heterocycles. The van der Waals surface area contributed by atoms with E-state index in [0.717, 1.165) is 30.0 Å². The number of ether oxygens (including phenoxy) is 1. The van der Waals surface area contributed by atoms with E-state index in [1.54, 1.807) is 29.6 Å². The van der Waals surface area contributed by atoms with Gasteiger partial charge in [0, 0.05) is 11.1 Å². The third-order valence-corrected chi connectivity index (χ3v) is 8.60. The molecule has 0 saturated heterocycles. The monoisotopic (exact) mass is 603 g/mol. The first-order valence-electron chi connectivity index (χ1n) is 13.2. The molecular formula is C30H32F3N3O3S2. The number of nitrogens with zero attached hydrogens (tertiary/aromatic N) is 1. The van der Waals surface area contributed by atoms with Crippen molar-refractivity contribution >= 4 is 32.2 Å². The Kier molecular flexibility index (Phi) is 10.1. The summed E-state index contributed by atoms with van der Waals surface area (Å²) in [5, 5.41) is 4.96. The van der Waals surface area contributed by atoms with Crippen molar-refractivity contribution in [1.29, 1.82) is 0 Å². The summed E-state index contributed by atoms with van der Waals surface area (Å²) >= 11 is 1.17. The van der Waals surface area contributed by atoms with Gasteiger partial charge in [-0.25, -0.2) is 18.1 Å². The summed E-state index contributed by atoms with van der Waals surface area (Å²) in [6.45, 7) is 4.09. The molecule has 0 aliphatic rings. The van der Waals surface area contributed by atoms with Crippen molar-refractivity contribution in [2.45, 2.75) is 56.6 Å². The number of aromatic nitrogens is 1. The van der Waals surface area contributed by atoms with Crippen molar-refractivity contribution in [2.24, 2.45) is 0 Å². The fourth-order valence-corrected chi connectivity index (χ4v) is 6.14. The molecule has 1 heterocycles. The third-order valence-electron chi connectivity index (χ3n) is 6.33. The van der Waals surface area contributed by atoms with Gasteiger partial charge >= 0.3 is 6.18 Å². The van der Waals surface area contributed by atoms with Crippen LogP contribution >= 0.6 is 11.3 Å². The molecule has 3 aromatic carbocycles. The fraction of sp³-hybridized carbons (Fsp3) is 0.300. The molecule has 1 atom stereocenters. The quantitative estimate of drug-likeness (QED) is 0.151. The highest BCUT2D eigenvalue weighted by molar-refractivity contribution is 7.89. The molecule has 0 aliphatic heterocycles. The number of halogens is 3. The van der Waals surface area contributed by atoms with Crippen LogP contribution in [0.1, 0.15) is 54.6 Å². The zero-order valence-electron chi connectivity index (χ0n) is 22.7. The van der Waals surface area contributed by atoms with Gasteiger partial charge in [-0.2, -0.15) is 13.2 Å². The number of thiazole rings is 1. The van der Waals surface area contributed by atoms with E-state index in [1.165, 1.54) is 23.5 Å². The zero-order chi connectivity index (χ0) is 29.5. The number of sulfonamides is 1. The third kappa shape index (κ3) is 8.54. The van der Waals surface area contributed by atoms with Crippen molar-refractivity contribution < 1.29 is 26.3 Å². The second-order valence-corrected chi connectivity index (χ2v) is 12.2. The lowest BCUT2D eigenvalue weighted by atomic mass is 10.1. The van der Waals surface area contributed by atoms with Crippen LogP contribution in [0, 0.1) is 6.92 Å². The van der Waals surface area contributed by atoms with Gasteiger partial charge < -0.3 is 10.1 Å². The number of hydrogen-bond donors (Lipinski definition) is 2. The Balaban J connectivity index is 1.57. The predicted molar refractivity (Wildman–Crippen MR) is 156 cm³/mol. The molecule has 0 aliphatic carbocycles. The van der Waals surface area contributed by atoms with Gasteiger partial charge in [0.1, 0.15) is 5.75 Å². The molecule has 1 unspecified atom stereocenters. The molecular weight excluding hydrogens is 571 g/mol. The number of aryl methyl sites for hydroxylation is 1. The van der Waals surface area contributed by atoms with Crippen LogP contribution in [-0.2, 0) is 22.6 Å². The molecule has 4 rings (SSSR count). The van der Waals surface area contributed by atoms with E-state index in [2.05, 4.69) is 15.0 Å². The van der Waals surface area contributed by atoms with E-state index < -0.39 is 27.8 Å². The Morgan fingerprint density at radius 2 is 1.73 bits per heavy atom. The van der Waals surface area contributed by atoms with E-state index in [0.29, 0.717) is 23.7 Å². The smallest absolute Gasteiger partial charge is 0.420 e. The lowest BCUT2D eigenvalue weighted by Gasteiger charge is -2.18. The summed E-state index contributed by atoms with van der Waals surface area (Å²) in [5.74, 6) is -0.215. The summed E-state index contributed by atoms with van der Waals surface area (Å²) in [7, 11) is -3.88. The molecule has 4 aromatic rings. The minimum absolute atomic E-state index is 0.131. The topological polar surface area (TPSA) is 80.3 Å². The normalized spacial score (nSPS) is 12.7. The SMILES string of the molecule is CCCCCOc1ccc(Nc2nc(C(Cc3ccccc3)NS(=O)(=O)c3ccc(C)cc3)cs2)cc1C(F)(F)F. The highest BCUT2D eigenvalue weighted by Crippen LogP contribution is 2.39. The Labute approximate surface area is 242 Å². The first-order valence-corrected chi connectivity index (χ1v) is 15.6. The van der Waals surface area contributed by atoms with E-state index in [9.17, 15) is 21.6 Å². The highest BCUT2D eigenvalue weighted by Gasteiger charge is 2.35. The summed E-state index contributed by atoms with van der Waals surface area (Å²) in [4.78, 5) is 4.68. The number of nitrogens with one attached hydrogen (secondary N) is 2. The first-order chi connectivity index (χ1) is 19.5. The van der Waals surface area contributed by atoms with Crippen molar-refractivity contribution in [3.05, 3.63) is 101 Å². The number of benzene rings is 3. The molecule has 218 valence electrons. The predicted octanol–water partition coefficient (Wildman–Crippen LogP) is 8.05. The van der Waals surface area contributed by atoms with Gasteiger partial charge in [0.2, 0.25) is 10.0 Å². The summed E-state index contributed by atoms with van der Waals surface area (Å²) in [5.41, 5.74) is 1.60. The molecule has 2 N–H and O–H groups in total. The maximum Gasteiger partial charge on any atom is 0.420 e. The van der Waals surface area contributed by atoms with Crippen LogP contribution in [0.3, 0.4) is 0 Å². The first kappa shape index (κ1) is 30.5. The minimum Gasteiger partial charge on any atom is -0.493 e. The molecule has 0 saturated carbocycles. The number of anilines is 2. The Bertz CT molecular complexity index is 1520. The van der Waals surface area contributed by atoms with Gasteiger partial charge in [0.05, 0.1) is 28.8 Å². The molecule has 0 spiro atoms. The van der Waals surface area contributed by atoms with Gasteiger partial charge in [-0.15, -0.1) is 11.3 Å². The standard InChI is InChI=1S/C30H32F3N3O3S2/c1-3-4-8-17-39-28-16-13-23(19-25(28)30(31,32)33)34-29-35-27(20-40-29)26(18-22-9-6-5-7-10-22)36-41(37,38)24-14-11-21(2)12-15-24/h5-7,9-16,19-20,26,36H,3-4,8,17-18H2,1-2H3,(H,34,35). The van der Waals surface area contributed by atoms with Crippen LogP contribution in [-0.4, -0.2) is 20.0 Å². The van der Waals surface area contributed by atoms with Gasteiger partial charge in [-0.1, -0.05) is 67.8 Å². The van der Waals surface area contributed by atoms with E-state index >= 15 is 0 Å². The summed E-state index contributed by atoms with van der Waals surface area (Å²) < 4.78 is 76.0. The average molecular weight is 604 g/mol. The lowest BCUT2D eigenvalue weighted by molar-refractivity contribution is -0.138. The van der Waals surface area contributed by atoms with Crippen molar-refractivity contribution in [1.82, 2.24) is 9.71 Å². The number of alkyl halides is 3. The highest BCUT2D eigenvalue weighted by atomic mass is 32.2. The van der Waals surface area contributed by atoms with Crippen LogP contribution in [0.25, 0.3) is 0 Å². The Morgan fingerprint density at radius 1 is 1.00 bits per heavy atom. The maximum atomic E-state index is 13.8. The van der Waals surface area contributed by atoms with Crippen LogP contribution in [0.15, 0.2) is 83.1 Å². The van der Waals surface area contributed by atoms with Crippen LogP contribution in [0.4, 0.5) is 24.0 Å².